The summed E-state index contributed by atoms with van der Waals surface area (Å²) in [5, 5.41) is 0. The topological polar surface area (TPSA) is 35.5 Å². The highest BCUT2D eigenvalue weighted by molar-refractivity contribution is 7.33. The molecular formula is C10H9F3O3P+. The Hall–Kier alpha value is -1.23. The van der Waals surface area contributed by atoms with E-state index < -0.39 is 32.3 Å². The summed E-state index contributed by atoms with van der Waals surface area (Å²) in [5.41, 5.74) is -0.241. The molecule has 1 aromatic carbocycles. The van der Waals surface area contributed by atoms with Gasteiger partial charge in [0, 0.05) is 10.1 Å². The molecule has 0 amide bonds. The molecule has 0 aromatic heterocycles. The molecule has 0 bridgehead atoms. The summed E-state index contributed by atoms with van der Waals surface area (Å²) in [6, 6.07) is 1.76. The Morgan fingerprint density at radius 1 is 1.24 bits per heavy atom. The van der Waals surface area contributed by atoms with E-state index in [1.54, 1.807) is 0 Å². The Morgan fingerprint density at radius 3 is 2.59 bits per heavy atom. The van der Waals surface area contributed by atoms with Crippen LogP contribution < -0.4 is 0 Å². The molecule has 1 aromatic rings. The molecule has 0 aliphatic rings. The summed E-state index contributed by atoms with van der Waals surface area (Å²) >= 11 is 0. The van der Waals surface area contributed by atoms with Gasteiger partial charge in [-0.25, -0.2) is 13.2 Å². The molecular weight excluding hydrogens is 256 g/mol. The predicted octanol–water partition coefficient (Wildman–Crippen LogP) is 3.48. The van der Waals surface area contributed by atoms with E-state index in [9.17, 15) is 17.7 Å². The average molecular weight is 265 g/mol. The zero-order valence-corrected chi connectivity index (χ0v) is 9.55. The van der Waals surface area contributed by atoms with Gasteiger partial charge < -0.3 is 0 Å². The number of benzene rings is 1. The van der Waals surface area contributed by atoms with E-state index in [2.05, 4.69) is 15.6 Å². The molecule has 1 atom stereocenters. The van der Waals surface area contributed by atoms with Gasteiger partial charge in [-0.05, 0) is 6.07 Å². The van der Waals surface area contributed by atoms with Crippen LogP contribution in [0.1, 0.15) is 5.56 Å². The highest BCUT2D eigenvalue weighted by Gasteiger charge is 2.22. The summed E-state index contributed by atoms with van der Waals surface area (Å²) in [4.78, 5) is 0. The fourth-order valence-corrected chi connectivity index (χ4v) is 1.50. The van der Waals surface area contributed by atoms with Gasteiger partial charge in [0.1, 0.15) is 13.2 Å². The van der Waals surface area contributed by atoms with E-state index in [4.69, 9.17) is 0 Å². The molecule has 0 radical (unpaired) electrons. The quantitative estimate of drug-likeness (QED) is 0.448. The number of halogens is 3. The molecule has 0 heterocycles. The van der Waals surface area contributed by atoms with Gasteiger partial charge in [0.2, 0.25) is 0 Å². The second kappa shape index (κ2) is 6.49. The summed E-state index contributed by atoms with van der Waals surface area (Å²) < 4.78 is 58.7. The molecule has 1 rings (SSSR count). The van der Waals surface area contributed by atoms with Gasteiger partial charge in [0.15, 0.2) is 17.5 Å². The fraction of sp³-hybridized carbons (Fsp3) is 0.200. The van der Waals surface area contributed by atoms with E-state index in [-0.39, 0.29) is 12.2 Å². The van der Waals surface area contributed by atoms with Gasteiger partial charge in [-0.15, -0.1) is 15.6 Å². The Morgan fingerprint density at radius 2 is 1.94 bits per heavy atom. The van der Waals surface area contributed by atoms with Crippen molar-refractivity contribution in [2.75, 3.05) is 6.61 Å². The van der Waals surface area contributed by atoms with Crippen LogP contribution in [-0.4, -0.2) is 6.61 Å². The summed E-state index contributed by atoms with van der Waals surface area (Å²) in [6.07, 6.45) is 1.36. The smallest absolute Gasteiger partial charge is 0.204 e. The van der Waals surface area contributed by atoms with Crippen molar-refractivity contribution in [2.24, 2.45) is 0 Å². The van der Waals surface area contributed by atoms with Gasteiger partial charge in [-0.1, -0.05) is 12.1 Å². The first-order chi connectivity index (χ1) is 8.06. The van der Waals surface area contributed by atoms with E-state index in [0.717, 1.165) is 12.1 Å². The van der Waals surface area contributed by atoms with E-state index in [0.29, 0.717) is 0 Å². The molecule has 92 valence electrons. The van der Waals surface area contributed by atoms with Crippen molar-refractivity contribution < 1.29 is 26.8 Å². The third-order valence-corrected chi connectivity index (χ3v) is 2.44. The Labute approximate surface area is 96.8 Å². The maximum Gasteiger partial charge on any atom is 0.698 e. The first-order valence-corrected chi connectivity index (χ1v) is 5.62. The van der Waals surface area contributed by atoms with Crippen molar-refractivity contribution in [1.29, 1.82) is 0 Å². The largest absolute Gasteiger partial charge is 0.698 e. The van der Waals surface area contributed by atoms with E-state index in [1.165, 1.54) is 6.08 Å². The van der Waals surface area contributed by atoms with Gasteiger partial charge in [0.25, 0.3) is 0 Å². The second-order valence-corrected chi connectivity index (χ2v) is 3.88. The maximum absolute atomic E-state index is 13.1. The van der Waals surface area contributed by atoms with Crippen molar-refractivity contribution in [3.8, 4) is 0 Å². The molecule has 0 fully saturated rings. The van der Waals surface area contributed by atoms with Crippen molar-refractivity contribution in [2.45, 2.75) is 6.61 Å². The van der Waals surface area contributed by atoms with Crippen LogP contribution in [0, 0.1) is 17.5 Å². The predicted molar refractivity (Wildman–Crippen MR) is 54.9 cm³/mol. The fourth-order valence-electron chi connectivity index (χ4n) is 0.950. The van der Waals surface area contributed by atoms with Gasteiger partial charge >= 0.3 is 8.25 Å². The van der Waals surface area contributed by atoms with Crippen LogP contribution in [0.15, 0.2) is 24.8 Å². The minimum absolute atomic E-state index is 0.00939. The lowest BCUT2D eigenvalue weighted by Crippen LogP contribution is -1.98. The first-order valence-electron chi connectivity index (χ1n) is 4.52. The van der Waals surface area contributed by atoms with Crippen LogP contribution in [0.5, 0.6) is 0 Å². The molecule has 0 spiro atoms. The number of hydrogen-bond acceptors (Lipinski definition) is 3. The lowest BCUT2D eigenvalue weighted by Gasteiger charge is -2.00. The molecule has 0 N–H and O–H groups in total. The Kier molecular flexibility index (Phi) is 5.28. The Balaban J connectivity index is 2.61. The zero-order chi connectivity index (χ0) is 12.8. The Bertz CT molecular complexity index is 437. The van der Waals surface area contributed by atoms with Gasteiger partial charge in [-0.3, -0.25) is 0 Å². The van der Waals surface area contributed by atoms with Crippen molar-refractivity contribution >= 4 is 8.25 Å². The molecule has 1 unspecified atom stereocenters. The summed E-state index contributed by atoms with van der Waals surface area (Å²) in [6.45, 7) is 2.86. The SMILES string of the molecule is C=CCO[P+](=O)OCc1ccc(F)c(F)c1F. The molecule has 0 saturated heterocycles. The lowest BCUT2D eigenvalue weighted by molar-refractivity contribution is 0.230. The number of hydrogen-bond donors (Lipinski definition) is 0. The van der Waals surface area contributed by atoms with Crippen molar-refractivity contribution in [1.82, 2.24) is 0 Å². The van der Waals surface area contributed by atoms with Crippen molar-refractivity contribution in [3.05, 3.63) is 47.8 Å². The minimum atomic E-state index is -2.44. The van der Waals surface area contributed by atoms with E-state index in [1.807, 2.05) is 0 Å². The molecule has 3 nitrogen and oxygen atoms in total. The monoisotopic (exact) mass is 265 g/mol. The average Bonchev–Trinajstić information content (AvgIpc) is 2.32. The molecule has 7 heteroatoms. The summed E-state index contributed by atoms with van der Waals surface area (Å²) in [7, 11) is -2.44. The normalized spacial score (nSPS) is 11.4. The first kappa shape index (κ1) is 13.8. The minimum Gasteiger partial charge on any atom is -0.204 e. The molecule has 17 heavy (non-hydrogen) atoms. The second-order valence-electron chi connectivity index (χ2n) is 2.92. The van der Waals surface area contributed by atoms with Crippen LogP contribution in [-0.2, 0) is 20.2 Å². The van der Waals surface area contributed by atoms with Crippen LogP contribution >= 0.6 is 8.25 Å². The van der Waals surface area contributed by atoms with Crippen LogP contribution in [0.3, 0.4) is 0 Å². The highest BCUT2D eigenvalue weighted by Crippen LogP contribution is 2.26. The van der Waals surface area contributed by atoms with Crippen LogP contribution in [0.2, 0.25) is 0 Å². The van der Waals surface area contributed by atoms with E-state index >= 15 is 0 Å². The standard InChI is InChI=1S/C10H9F3O3P/c1-2-5-15-17(14)16-6-7-3-4-8(11)10(13)9(7)12/h2-4H,1,5-6H2/q+1. The van der Waals surface area contributed by atoms with Gasteiger partial charge in [0.05, 0.1) is 0 Å². The number of rotatable bonds is 6. The lowest BCUT2D eigenvalue weighted by atomic mass is 10.2. The van der Waals surface area contributed by atoms with Crippen molar-refractivity contribution in [3.63, 3.8) is 0 Å². The maximum atomic E-state index is 13.1. The molecule has 0 saturated carbocycles. The van der Waals surface area contributed by atoms with Gasteiger partial charge in [-0.2, -0.15) is 0 Å². The third-order valence-electron chi connectivity index (χ3n) is 1.74. The molecule has 0 aliphatic heterocycles. The zero-order valence-electron chi connectivity index (χ0n) is 8.66. The molecule has 0 aliphatic carbocycles. The van der Waals surface area contributed by atoms with Crippen LogP contribution in [0.25, 0.3) is 0 Å². The highest BCUT2D eigenvalue weighted by atomic mass is 31.1. The third kappa shape index (κ3) is 3.93. The van der Waals surface area contributed by atoms with Crippen LogP contribution in [0.4, 0.5) is 13.2 Å². The summed E-state index contributed by atoms with van der Waals surface area (Å²) in [5.74, 6) is -4.25.